The van der Waals surface area contributed by atoms with Gasteiger partial charge in [-0.05, 0) is 25.5 Å². The Labute approximate surface area is 142 Å². The van der Waals surface area contributed by atoms with Crippen molar-refractivity contribution in [2.75, 3.05) is 6.54 Å². The number of para-hydroxylation sites is 1. The number of fused-ring (bicyclic) bond motifs is 2. The minimum absolute atomic E-state index is 0.0312. The number of Topliss-reactive ketones (excluding diaryl/α,β-unsaturated/α-hetero) is 1. The maximum absolute atomic E-state index is 13.2. The minimum Gasteiger partial charge on any atom is -0.358 e. The van der Waals surface area contributed by atoms with Gasteiger partial charge in [-0.25, -0.2) is 0 Å². The number of carbonyl (C=O) groups excluding carboxylic acids is 1. The Bertz CT molecular complexity index is 909. The van der Waals surface area contributed by atoms with Gasteiger partial charge in [-0.2, -0.15) is 0 Å². The van der Waals surface area contributed by atoms with Crippen molar-refractivity contribution in [3.8, 4) is 0 Å². The molecule has 4 rings (SSSR count). The van der Waals surface area contributed by atoms with Crippen molar-refractivity contribution in [2.24, 2.45) is 0 Å². The predicted molar refractivity (Wildman–Crippen MR) is 96.5 cm³/mol. The maximum Gasteiger partial charge on any atom is 0.222 e. The normalized spacial score (nSPS) is 18.3. The zero-order chi connectivity index (χ0) is 16.7. The van der Waals surface area contributed by atoms with Crippen LogP contribution in [0.3, 0.4) is 0 Å². The summed E-state index contributed by atoms with van der Waals surface area (Å²) >= 11 is 0. The average molecular weight is 319 g/mol. The number of aromatic amines is 1. The van der Waals surface area contributed by atoms with E-state index < -0.39 is 0 Å². The highest BCUT2D eigenvalue weighted by Crippen LogP contribution is 2.23. The van der Waals surface area contributed by atoms with E-state index in [2.05, 4.69) is 36.2 Å². The van der Waals surface area contributed by atoms with Crippen LogP contribution in [-0.2, 0) is 13.0 Å². The first-order chi connectivity index (χ1) is 11.6. The van der Waals surface area contributed by atoms with E-state index in [1.165, 1.54) is 16.0 Å². The highest BCUT2D eigenvalue weighted by atomic mass is 16.1. The van der Waals surface area contributed by atoms with Gasteiger partial charge in [-0.3, -0.25) is 4.79 Å². The standard InChI is InChI=1S/C21H22N2O/c1-14-20(18-9-5-6-10-19(18)22-14)21(24)15(2)23-12-11-16-7-3-4-8-17(16)13-23/h3-10,15,22H,11-13H2,1-2H3/p+1/t15-/m1/s1. The molecule has 2 heterocycles. The molecule has 0 aliphatic carbocycles. The van der Waals surface area contributed by atoms with Crippen molar-refractivity contribution >= 4 is 16.7 Å². The second-order valence-electron chi connectivity index (χ2n) is 6.86. The second-order valence-corrected chi connectivity index (χ2v) is 6.86. The lowest BCUT2D eigenvalue weighted by atomic mass is 9.95. The van der Waals surface area contributed by atoms with Gasteiger partial charge in [-0.15, -0.1) is 0 Å². The van der Waals surface area contributed by atoms with Gasteiger partial charge in [0, 0.05) is 28.6 Å². The summed E-state index contributed by atoms with van der Waals surface area (Å²) in [6, 6.07) is 16.7. The number of hydrogen-bond acceptors (Lipinski definition) is 1. The molecule has 0 saturated carbocycles. The van der Waals surface area contributed by atoms with E-state index in [1.54, 1.807) is 0 Å². The van der Waals surface area contributed by atoms with Gasteiger partial charge in [0.1, 0.15) is 12.6 Å². The molecule has 3 nitrogen and oxygen atoms in total. The minimum atomic E-state index is -0.0312. The first-order valence-corrected chi connectivity index (χ1v) is 8.68. The summed E-state index contributed by atoms with van der Waals surface area (Å²) in [5.74, 6) is 0.249. The third-order valence-electron chi connectivity index (χ3n) is 5.40. The van der Waals surface area contributed by atoms with Crippen LogP contribution < -0.4 is 4.90 Å². The molecule has 3 aromatic rings. The number of benzene rings is 2. The lowest BCUT2D eigenvalue weighted by Crippen LogP contribution is -3.16. The fourth-order valence-corrected chi connectivity index (χ4v) is 3.97. The number of nitrogens with one attached hydrogen (secondary N) is 2. The van der Waals surface area contributed by atoms with E-state index >= 15 is 0 Å². The molecule has 0 saturated heterocycles. The highest BCUT2D eigenvalue weighted by molar-refractivity contribution is 6.10. The Balaban J connectivity index is 1.64. The molecule has 0 spiro atoms. The smallest absolute Gasteiger partial charge is 0.222 e. The number of aromatic nitrogens is 1. The molecule has 2 atom stereocenters. The van der Waals surface area contributed by atoms with Gasteiger partial charge in [-0.1, -0.05) is 42.5 Å². The molecule has 1 aliphatic heterocycles. The molecule has 24 heavy (non-hydrogen) atoms. The zero-order valence-electron chi connectivity index (χ0n) is 14.2. The lowest BCUT2D eigenvalue weighted by Gasteiger charge is -2.30. The number of rotatable bonds is 3. The van der Waals surface area contributed by atoms with Crippen LogP contribution in [0.25, 0.3) is 10.9 Å². The first kappa shape index (κ1) is 15.2. The van der Waals surface area contributed by atoms with Crippen molar-refractivity contribution in [3.05, 3.63) is 70.9 Å². The molecule has 2 aromatic carbocycles. The fraction of sp³-hybridized carbons (Fsp3) is 0.286. The van der Waals surface area contributed by atoms with Crippen LogP contribution in [-0.4, -0.2) is 23.4 Å². The second kappa shape index (κ2) is 5.91. The summed E-state index contributed by atoms with van der Waals surface area (Å²) < 4.78 is 0. The molecule has 122 valence electrons. The molecular formula is C21H23N2O+. The van der Waals surface area contributed by atoms with E-state index in [0.29, 0.717) is 0 Å². The van der Waals surface area contributed by atoms with Crippen LogP contribution in [0.1, 0.15) is 34.1 Å². The average Bonchev–Trinajstić information content (AvgIpc) is 2.95. The third kappa shape index (κ3) is 2.45. The van der Waals surface area contributed by atoms with Crippen molar-refractivity contribution < 1.29 is 9.69 Å². The van der Waals surface area contributed by atoms with Crippen molar-refractivity contribution in [3.63, 3.8) is 0 Å². The molecule has 0 bridgehead atoms. The number of H-pyrrole nitrogens is 1. The van der Waals surface area contributed by atoms with E-state index in [9.17, 15) is 4.79 Å². The monoisotopic (exact) mass is 319 g/mol. The van der Waals surface area contributed by atoms with Crippen LogP contribution in [0.15, 0.2) is 48.5 Å². The third-order valence-corrected chi connectivity index (χ3v) is 5.40. The first-order valence-electron chi connectivity index (χ1n) is 8.68. The summed E-state index contributed by atoms with van der Waals surface area (Å²) in [7, 11) is 0. The molecule has 1 aliphatic rings. The zero-order valence-corrected chi connectivity index (χ0v) is 14.2. The largest absolute Gasteiger partial charge is 0.358 e. The number of carbonyl (C=O) groups is 1. The van der Waals surface area contributed by atoms with Crippen molar-refractivity contribution in [1.29, 1.82) is 0 Å². The Kier molecular flexibility index (Phi) is 3.73. The van der Waals surface area contributed by atoms with Crippen LogP contribution in [0.4, 0.5) is 0 Å². The number of quaternary nitrogens is 1. The molecule has 1 unspecified atom stereocenters. The maximum atomic E-state index is 13.2. The van der Waals surface area contributed by atoms with Crippen molar-refractivity contribution in [1.82, 2.24) is 4.98 Å². The van der Waals surface area contributed by atoms with Crippen molar-refractivity contribution in [2.45, 2.75) is 32.9 Å². The van der Waals surface area contributed by atoms with Gasteiger partial charge in [0.25, 0.3) is 0 Å². The highest BCUT2D eigenvalue weighted by Gasteiger charge is 2.31. The Morgan fingerprint density at radius 2 is 1.79 bits per heavy atom. The van der Waals surface area contributed by atoms with E-state index in [1.807, 2.05) is 31.2 Å². The van der Waals surface area contributed by atoms with Gasteiger partial charge >= 0.3 is 0 Å². The quantitative estimate of drug-likeness (QED) is 0.716. The number of hydrogen-bond donors (Lipinski definition) is 2. The summed E-state index contributed by atoms with van der Waals surface area (Å²) in [4.78, 5) is 17.9. The summed E-state index contributed by atoms with van der Waals surface area (Å²) in [6.45, 7) is 6.03. The number of aryl methyl sites for hydroxylation is 1. The van der Waals surface area contributed by atoms with E-state index in [0.717, 1.165) is 41.7 Å². The molecule has 0 radical (unpaired) electrons. The Morgan fingerprint density at radius 3 is 2.62 bits per heavy atom. The molecule has 1 aromatic heterocycles. The Morgan fingerprint density at radius 1 is 1.08 bits per heavy atom. The lowest BCUT2D eigenvalue weighted by molar-refractivity contribution is -0.929. The van der Waals surface area contributed by atoms with Crippen LogP contribution in [0.5, 0.6) is 0 Å². The van der Waals surface area contributed by atoms with Crippen LogP contribution in [0, 0.1) is 6.92 Å². The summed E-state index contributed by atoms with van der Waals surface area (Å²) in [6.07, 6.45) is 1.05. The molecule has 3 heteroatoms. The van der Waals surface area contributed by atoms with Crippen LogP contribution >= 0.6 is 0 Å². The SMILES string of the molecule is Cc1[nH]c2ccccc2c1C(=O)[C@@H](C)[NH+]1CCc2ccccc2C1. The van der Waals surface area contributed by atoms with Gasteiger partial charge < -0.3 is 9.88 Å². The predicted octanol–water partition coefficient (Wildman–Crippen LogP) is 2.69. The molecular weight excluding hydrogens is 296 g/mol. The Hall–Kier alpha value is -2.39. The van der Waals surface area contributed by atoms with Gasteiger partial charge in [0.05, 0.1) is 12.1 Å². The molecule has 2 N–H and O–H groups in total. The molecule has 0 fully saturated rings. The van der Waals surface area contributed by atoms with Gasteiger partial charge in [0.15, 0.2) is 0 Å². The van der Waals surface area contributed by atoms with E-state index in [4.69, 9.17) is 0 Å². The summed E-state index contributed by atoms with van der Waals surface area (Å²) in [5, 5.41) is 1.05. The molecule has 0 amide bonds. The van der Waals surface area contributed by atoms with Gasteiger partial charge in [0.2, 0.25) is 5.78 Å². The van der Waals surface area contributed by atoms with E-state index in [-0.39, 0.29) is 11.8 Å². The van der Waals surface area contributed by atoms with Crippen LogP contribution in [0.2, 0.25) is 0 Å². The topological polar surface area (TPSA) is 37.3 Å². The number of ketones is 1. The summed E-state index contributed by atoms with van der Waals surface area (Å²) in [5.41, 5.74) is 5.71. The fourth-order valence-electron chi connectivity index (χ4n) is 3.97.